The number of benzene rings is 2. The number of ether oxygens (including phenoxy) is 2. The van der Waals surface area contributed by atoms with Gasteiger partial charge >= 0.3 is 6.03 Å². The Bertz CT molecular complexity index is 797. The van der Waals surface area contributed by atoms with Gasteiger partial charge in [-0.15, -0.1) is 0 Å². The van der Waals surface area contributed by atoms with E-state index in [0.717, 1.165) is 5.56 Å². The van der Waals surface area contributed by atoms with Gasteiger partial charge in [0.1, 0.15) is 18.8 Å². The second-order valence-electron chi connectivity index (χ2n) is 6.32. The van der Waals surface area contributed by atoms with Crippen LogP contribution in [0.2, 0.25) is 0 Å². The first-order chi connectivity index (χ1) is 13.1. The molecule has 2 aromatic rings. The van der Waals surface area contributed by atoms with Crippen LogP contribution in [0.25, 0.3) is 0 Å². The highest BCUT2D eigenvalue weighted by atomic mass is 16.6. The minimum atomic E-state index is -0.635. The van der Waals surface area contributed by atoms with Crippen molar-refractivity contribution in [3.05, 3.63) is 60.2 Å². The lowest BCUT2D eigenvalue weighted by atomic mass is 10.0. The Hall–Kier alpha value is -3.06. The van der Waals surface area contributed by atoms with E-state index in [1.165, 1.54) is 7.05 Å². The van der Waals surface area contributed by atoms with Gasteiger partial charge in [-0.1, -0.05) is 42.5 Å². The number of fused-ring (bicyclic) bond motifs is 1. The average molecular weight is 369 g/mol. The first-order valence-corrected chi connectivity index (χ1v) is 8.74. The first kappa shape index (κ1) is 18.7. The monoisotopic (exact) mass is 369 g/mol. The summed E-state index contributed by atoms with van der Waals surface area (Å²) >= 11 is 0. The maximum atomic E-state index is 12.7. The summed E-state index contributed by atoms with van der Waals surface area (Å²) < 4.78 is 11.7. The SMILES string of the molecule is CNC(=O)NC(=O)[C@@H](c1ccccc1)N(C)C[C@@H]1COc2ccccc2O1. The maximum Gasteiger partial charge on any atom is 0.321 e. The third-order valence-electron chi connectivity index (χ3n) is 4.33. The lowest BCUT2D eigenvalue weighted by molar-refractivity contribution is -0.125. The Balaban J connectivity index is 1.74. The fraction of sp³-hybridized carbons (Fsp3) is 0.300. The molecular formula is C20H23N3O4. The summed E-state index contributed by atoms with van der Waals surface area (Å²) in [4.78, 5) is 26.2. The minimum Gasteiger partial charge on any atom is -0.486 e. The standard InChI is InChI=1S/C20H23N3O4/c1-21-20(25)22-19(24)18(14-8-4-3-5-9-14)23(2)12-15-13-26-16-10-6-7-11-17(16)27-15/h3-11,15,18H,12-13H2,1-2H3,(H2,21,22,24,25)/t15-,18-/m1/s1. The third kappa shape index (κ3) is 4.57. The Morgan fingerprint density at radius 1 is 1.11 bits per heavy atom. The van der Waals surface area contributed by atoms with Crippen molar-refractivity contribution in [3.8, 4) is 11.5 Å². The van der Waals surface area contributed by atoms with Crippen molar-refractivity contribution in [3.63, 3.8) is 0 Å². The fourth-order valence-electron chi connectivity index (χ4n) is 3.06. The molecule has 2 aromatic carbocycles. The summed E-state index contributed by atoms with van der Waals surface area (Å²) in [5.74, 6) is 1.00. The number of urea groups is 1. The van der Waals surface area contributed by atoms with Crippen LogP contribution in [-0.4, -0.2) is 50.2 Å². The molecular weight excluding hydrogens is 346 g/mol. The van der Waals surface area contributed by atoms with Gasteiger partial charge in [-0.25, -0.2) is 4.79 Å². The minimum absolute atomic E-state index is 0.232. The maximum absolute atomic E-state index is 12.7. The van der Waals surface area contributed by atoms with Crippen LogP contribution < -0.4 is 20.1 Å². The molecule has 7 heteroatoms. The van der Waals surface area contributed by atoms with Crippen LogP contribution in [0.15, 0.2) is 54.6 Å². The van der Waals surface area contributed by atoms with Gasteiger partial charge in [-0.3, -0.25) is 15.0 Å². The number of para-hydroxylation sites is 2. The van der Waals surface area contributed by atoms with E-state index in [2.05, 4.69) is 10.6 Å². The molecule has 0 bridgehead atoms. The molecule has 3 amide bonds. The molecule has 7 nitrogen and oxygen atoms in total. The van der Waals surface area contributed by atoms with Crippen molar-refractivity contribution < 1.29 is 19.1 Å². The van der Waals surface area contributed by atoms with E-state index in [0.29, 0.717) is 24.7 Å². The van der Waals surface area contributed by atoms with E-state index in [9.17, 15) is 9.59 Å². The van der Waals surface area contributed by atoms with Gasteiger partial charge in [0, 0.05) is 13.6 Å². The van der Waals surface area contributed by atoms with E-state index in [-0.39, 0.29) is 6.10 Å². The number of amides is 3. The summed E-state index contributed by atoms with van der Waals surface area (Å²) in [5.41, 5.74) is 0.790. The van der Waals surface area contributed by atoms with Crippen LogP contribution in [0.3, 0.4) is 0 Å². The topological polar surface area (TPSA) is 79.9 Å². The molecule has 2 atom stereocenters. The zero-order chi connectivity index (χ0) is 19.2. The predicted molar refractivity (Wildman–Crippen MR) is 101 cm³/mol. The number of rotatable bonds is 5. The molecule has 0 aliphatic carbocycles. The summed E-state index contributed by atoms with van der Waals surface area (Å²) in [6.45, 7) is 0.842. The molecule has 27 heavy (non-hydrogen) atoms. The largest absolute Gasteiger partial charge is 0.486 e. The zero-order valence-electron chi connectivity index (χ0n) is 15.3. The highest BCUT2D eigenvalue weighted by Crippen LogP contribution is 2.31. The molecule has 0 unspecified atom stereocenters. The van der Waals surface area contributed by atoms with Crippen LogP contribution in [0.1, 0.15) is 11.6 Å². The molecule has 0 spiro atoms. The number of hydrogen-bond acceptors (Lipinski definition) is 5. The smallest absolute Gasteiger partial charge is 0.321 e. The molecule has 0 radical (unpaired) electrons. The molecule has 1 aliphatic rings. The van der Waals surface area contributed by atoms with Crippen LogP contribution in [0.5, 0.6) is 11.5 Å². The second-order valence-corrected chi connectivity index (χ2v) is 6.32. The van der Waals surface area contributed by atoms with Gasteiger partial charge in [0.05, 0.1) is 0 Å². The number of nitrogens with zero attached hydrogens (tertiary/aromatic N) is 1. The molecule has 1 heterocycles. The lowest BCUT2D eigenvalue weighted by Crippen LogP contribution is -2.47. The zero-order valence-corrected chi connectivity index (χ0v) is 15.3. The van der Waals surface area contributed by atoms with Crippen molar-refractivity contribution in [2.24, 2.45) is 0 Å². The Labute approximate surface area is 158 Å². The van der Waals surface area contributed by atoms with Gasteiger partial charge in [-0.05, 0) is 24.7 Å². The lowest BCUT2D eigenvalue weighted by Gasteiger charge is -2.33. The molecule has 0 aromatic heterocycles. The predicted octanol–water partition coefficient (Wildman–Crippen LogP) is 1.96. The summed E-state index contributed by atoms with van der Waals surface area (Å²) in [5, 5.41) is 4.76. The van der Waals surface area contributed by atoms with Gasteiger partial charge in [-0.2, -0.15) is 0 Å². The van der Waals surface area contributed by atoms with E-state index in [4.69, 9.17) is 9.47 Å². The molecule has 0 fully saturated rings. The highest BCUT2D eigenvalue weighted by molar-refractivity contribution is 5.97. The highest BCUT2D eigenvalue weighted by Gasteiger charge is 2.30. The van der Waals surface area contributed by atoms with Gasteiger partial charge in [0.25, 0.3) is 0 Å². The molecule has 142 valence electrons. The molecule has 2 N–H and O–H groups in total. The quantitative estimate of drug-likeness (QED) is 0.842. The van der Waals surface area contributed by atoms with E-state index in [1.807, 2.05) is 66.5 Å². The number of likely N-dealkylation sites (N-methyl/N-ethyl adjacent to an activating group) is 1. The fourth-order valence-corrected chi connectivity index (χ4v) is 3.06. The normalized spacial score (nSPS) is 16.5. The number of imide groups is 1. The number of carbonyl (C=O) groups is 2. The van der Waals surface area contributed by atoms with Gasteiger partial charge < -0.3 is 14.8 Å². The summed E-state index contributed by atoms with van der Waals surface area (Å²) in [7, 11) is 3.29. The van der Waals surface area contributed by atoms with Crippen LogP contribution in [-0.2, 0) is 4.79 Å². The Morgan fingerprint density at radius 3 is 2.48 bits per heavy atom. The van der Waals surface area contributed by atoms with E-state index in [1.54, 1.807) is 0 Å². The number of hydrogen-bond donors (Lipinski definition) is 2. The van der Waals surface area contributed by atoms with Gasteiger partial charge in [0.2, 0.25) is 5.91 Å². The van der Waals surface area contributed by atoms with Crippen molar-refractivity contribution in [1.29, 1.82) is 0 Å². The van der Waals surface area contributed by atoms with Crippen molar-refractivity contribution in [1.82, 2.24) is 15.5 Å². The number of carbonyl (C=O) groups excluding carboxylic acids is 2. The van der Waals surface area contributed by atoms with Crippen LogP contribution in [0.4, 0.5) is 4.79 Å². The van der Waals surface area contributed by atoms with Crippen LogP contribution in [0, 0.1) is 0 Å². The Morgan fingerprint density at radius 2 is 1.78 bits per heavy atom. The van der Waals surface area contributed by atoms with E-state index < -0.39 is 18.0 Å². The van der Waals surface area contributed by atoms with Crippen LogP contribution >= 0.6 is 0 Å². The third-order valence-corrected chi connectivity index (χ3v) is 4.33. The first-order valence-electron chi connectivity index (χ1n) is 8.74. The second kappa shape index (κ2) is 8.55. The summed E-state index contributed by atoms with van der Waals surface area (Å²) in [6.07, 6.45) is -0.232. The molecule has 1 aliphatic heterocycles. The van der Waals surface area contributed by atoms with Gasteiger partial charge in [0.15, 0.2) is 11.5 Å². The van der Waals surface area contributed by atoms with Crippen molar-refractivity contribution >= 4 is 11.9 Å². The summed E-state index contributed by atoms with van der Waals surface area (Å²) in [6, 6.07) is 15.6. The average Bonchev–Trinajstić information content (AvgIpc) is 2.68. The Kier molecular flexibility index (Phi) is 5.93. The van der Waals surface area contributed by atoms with Crippen molar-refractivity contribution in [2.45, 2.75) is 12.1 Å². The number of nitrogens with one attached hydrogen (secondary N) is 2. The molecule has 0 saturated carbocycles. The molecule has 0 saturated heterocycles. The van der Waals surface area contributed by atoms with E-state index >= 15 is 0 Å². The molecule has 3 rings (SSSR count). The van der Waals surface area contributed by atoms with Crippen molar-refractivity contribution in [2.75, 3.05) is 27.2 Å².